The van der Waals surface area contributed by atoms with Crippen molar-refractivity contribution in [3.05, 3.63) is 99.3 Å². The molecule has 2 heterocycles. The number of aromatic nitrogens is 1. The number of pyridine rings is 1. The van der Waals surface area contributed by atoms with E-state index in [-0.39, 0.29) is 35.2 Å². The highest BCUT2D eigenvalue weighted by molar-refractivity contribution is 7.89. The molecular weight excluding hydrogens is 571 g/mol. The molecular formula is C30H28F3N3O5S. The van der Waals surface area contributed by atoms with Crippen molar-refractivity contribution >= 4 is 26.8 Å². The minimum atomic E-state index is -4.73. The molecule has 1 aliphatic rings. The summed E-state index contributed by atoms with van der Waals surface area (Å²) in [6.45, 7) is -0.524. The summed E-state index contributed by atoms with van der Waals surface area (Å²) in [6, 6.07) is 15.6. The van der Waals surface area contributed by atoms with Gasteiger partial charge in [0.15, 0.2) is 5.03 Å². The predicted octanol–water partition coefficient (Wildman–Crippen LogP) is 4.60. The Morgan fingerprint density at radius 1 is 1.02 bits per heavy atom. The van der Waals surface area contributed by atoms with E-state index in [1.807, 2.05) is 42.5 Å². The molecule has 5 rings (SSSR count). The topological polar surface area (TPSA) is 99.9 Å². The van der Waals surface area contributed by atoms with Crippen molar-refractivity contribution in [3.8, 4) is 11.1 Å². The van der Waals surface area contributed by atoms with Gasteiger partial charge in [0.2, 0.25) is 0 Å². The maximum Gasteiger partial charge on any atom is 0.416 e. The van der Waals surface area contributed by atoms with Gasteiger partial charge in [0.25, 0.3) is 15.6 Å². The molecule has 3 aromatic carbocycles. The van der Waals surface area contributed by atoms with Crippen LogP contribution in [0.2, 0.25) is 0 Å². The first-order chi connectivity index (χ1) is 19.7. The van der Waals surface area contributed by atoms with Gasteiger partial charge in [-0.25, -0.2) is 13.2 Å². The maximum absolute atomic E-state index is 14.2. The Morgan fingerprint density at radius 3 is 2.36 bits per heavy atom. The number of carbonyl (C=O) groups is 1. The van der Waals surface area contributed by atoms with E-state index >= 15 is 0 Å². The fraction of sp³-hybridized carbons (Fsp3) is 0.267. The number of hydrogen-bond acceptors (Lipinski definition) is 5. The minimum Gasteiger partial charge on any atom is -0.480 e. The molecule has 1 aromatic heterocycles. The van der Waals surface area contributed by atoms with Crippen LogP contribution in [0, 0.1) is 0 Å². The number of alkyl halides is 3. The summed E-state index contributed by atoms with van der Waals surface area (Å²) in [5, 5.41) is 11.1. The molecule has 0 spiro atoms. The van der Waals surface area contributed by atoms with Crippen LogP contribution in [0.25, 0.3) is 21.9 Å². The molecule has 12 heteroatoms. The number of carboxylic acid groups (broad SMARTS) is 1. The van der Waals surface area contributed by atoms with Gasteiger partial charge in [-0.3, -0.25) is 9.36 Å². The van der Waals surface area contributed by atoms with Gasteiger partial charge >= 0.3 is 12.1 Å². The second kappa shape index (κ2) is 10.7. The van der Waals surface area contributed by atoms with E-state index in [2.05, 4.69) is 0 Å². The Hall–Kier alpha value is -4.00. The van der Waals surface area contributed by atoms with E-state index in [0.29, 0.717) is 0 Å². The van der Waals surface area contributed by atoms with Crippen LogP contribution in [0.15, 0.2) is 76.6 Å². The average molecular weight is 600 g/mol. The van der Waals surface area contributed by atoms with E-state index < -0.39 is 50.9 Å². The Bertz CT molecular complexity index is 1880. The molecule has 1 atom stereocenters. The fourth-order valence-corrected chi connectivity index (χ4v) is 7.11. The van der Waals surface area contributed by atoms with E-state index in [0.717, 1.165) is 37.3 Å². The second-order valence-electron chi connectivity index (χ2n) is 10.6. The third-order valence-corrected chi connectivity index (χ3v) is 9.32. The van der Waals surface area contributed by atoms with Gasteiger partial charge in [-0.2, -0.15) is 17.5 Å². The van der Waals surface area contributed by atoms with Crippen molar-refractivity contribution in [2.45, 2.75) is 30.2 Å². The maximum atomic E-state index is 14.2. The quantitative estimate of drug-likeness (QED) is 0.348. The van der Waals surface area contributed by atoms with Crippen molar-refractivity contribution in [2.24, 2.45) is 0 Å². The van der Waals surface area contributed by atoms with Crippen LogP contribution >= 0.6 is 0 Å². The van der Waals surface area contributed by atoms with Gasteiger partial charge in [-0.15, -0.1) is 0 Å². The number of rotatable bonds is 6. The SMILES string of the molecule is CN(C)Cc1c(Cc2cccc3ccccc23)c(-c2cccc(C(F)(F)F)c2)c2n(c1=O)C(C(=O)O)CN(C)S2(=O)=O. The number of halogens is 3. The van der Waals surface area contributed by atoms with Crippen LogP contribution in [0.5, 0.6) is 0 Å². The number of carboxylic acids is 1. The highest BCUT2D eigenvalue weighted by Gasteiger charge is 2.43. The number of benzene rings is 3. The Balaban J connectivity index is 1.98. The number of nitrogens with zero attached hydrogens (tertiary/aromatic N) is 3. The molecule has 0 aliphatic carbocycles. The molecule has 220 valence electrons. The molecule has 0 saturated heterocycles. The van der Waals surface area contributed by atoms with E-state index in [1.54, 1.807) is 19.0 Å². The molecule has 0 saturated carbocycles. The van der Waals surface area contributed by atoms with Crippen LogP contribution in [-0.4, -0.2) is 61.0 Å². The lowest BCUT2D eigenvalue weighted by Crippen LogP contribution is -2.49. The molecule has 0 radical (unpaired) electrons. The van der Waals surface area contributed by atoms with Crippen molar-refractivity contribution in [1.29, 1.82) is 0 Å². The summed E-state index contributed by atoms with van der Waals surface area (Å²) in [5.41, 5.74) is -0.980. The number of likely N-dealkylation sites (N-methyl/N-ethyl adjacent to an activating group) is 1. The molecule has 1 aliphatic heterocycles. The summed E-state index contributed by atoms with van der Waals surface area (Å²) >= 11 is 0. The Labute approximate surface area is 240 Å². The van der Waals surface area contributed by atoms with Crippen molar-refractivity contribution < 1.29 is 31.5 Å². The lowest BCUT2D eigenvalue weighted by molar-refractivity contribution is -0.141. The lowest BCUT2D eigenvalue weighted by atomic mass is 9.89. The summed E-state index contributed by atoms with van der Waals surface area (Å²) in [5.74, 6) is -1.44. The largest absolute Gasteiger partial charge is 0.480 e. The predicted molar refractivity (Wildman–Crippen MR) is 152 cm³/mol. The molecule has 0 amide bonds. The first-order valence-corrected chi connectivity index (χ1v) is 14.4. The van der Waals surface area contributed by atoms with Crippen LogP contribution in [0.4, 0.5) is 13.2 Å². The molecule has 0 fully saturated rings. The number of sulfonamides is 1. The Kier molecular flexibility index (Phi) is 7.50. The summed E-state index contributed by atoms with van der Waals surface area (Å²) in [6.07, 6.45) is -4.72. The number of aliphatic carboxylic acids is 1. The van der Waals surface area contributed by atoms with Gasteiger partial charge in [0, 0.05) is 31.3 Å². The van der Waals surface area contributed by atoms with Crippen LogP contribution in [-0.2, 0) is 34.0 Å². The van der Waals surface area contributed by atoms with Crippen LogP contribution in [0.3, 0.4) is 0 Å². The zero-order chi connectivity index (χ0) is 30.6. The van der Waals surface area contributed by atoms with E-state index in [1.165, 1.54) is 19.2 Å². The Morgan fingerprint density at radius 2 is 1.69 bits per heavy atom. The molecule has 4 aromatic rings. The highest BCUT2D eigenvalue weighted by atomic mass is 32.2. The summed E-state index contributed by atoms with van der Waals surface area (Å²) in [4.78, 5) is 28.2. The monoisotopic (exact) mass is 599 g/mol. The summed E-state index contributed by atoms with van der Waals surface area (Å²) < 4.78 is 71.0. The van der Waals surface area contributed by atoms with Crippen molar-refractivity contribution in [2.75, 3.05) is 27.7 Å². The zero-order valence-corrected chi connectivity index (χ0v) is 23.8. The van der Waals surface area contributed by atoms with Gasteiger partial charge in [-0.1, -0.05) is 54.6 Å². The number of fused-ring (bicyclic) bond motifs is 2. The number of hydrogen-bond donors (Lipinski definition) is 1. The first-order valence-electron chi connectivity index (χ1n) is 13.0. The van der Waals surface area contributed by atoms with Crippen LogP contribution < -0.4 is 5.56 Å². The molecule has 0 bridgehead atoms. The molecule has 42 heavy (non-hydrogen) atoms. The first kappa shape index (κ1) is 29.5. The second-order valence-corrected chi connectivity index (χ2v) is 12.5. The average Bonchev–Trinajstić information content (AvgIpc) is 2.92. The smallest absolute Gasteiger partial charge is 0.416 e. The molecule has 1 N–H and O–H groups in total. The third-order valence-electron chi connectivity index (χ3n) is 7.46. The van der Waals surface area contributed by atoms with Gasteiger partial charge in [0.1, 0.15) is 6.04 Å². The molecule has 8 nitrogen and oxygen atoms in total. The molecule has 1 unspecified atom stereocenters. The standard InChI is InChI=1S/C30H28F3N3O5S/c1-34(2)16-24-23(15-19-10-6-9-18-8-4-5-13-22(18)19)26(20-11-7-12-21(14-20)30(31,32)33)28-36(27(24)37)25(29(38)39)17-35(3)42(28,40)41/h4-14,25H,15-17H2,1-3H3,(H,38,39). The zero-order valence-electron chi connectivity index (χ0n) is 23.0. The van der Waals surface area contributed by atoms with Crippen molar-refractivity contribution in [1.82, 2.24) is 13.8 Å². The van der Waals surface area contributed by atoms with Crippen molar-refractivity contribution in [3.63, 3.8) is 0 Å². The van der Waals surface area contributed by atoms with Gasteiger partial charge in [0.05, 0.1) is 5.56 Å². The summed E-state index contributed by atoms with van der Waals surface area (Å²) in [7, 11) is 0.0643. The van der Waals surface area contributed by atoms with E-state index in [4.69, 9.17) is 0 Å². The lowest BCUT2D eigenvalue weighted by Gasteiger charge is -2.34. The van der Waals surface area contributed by atoms with E-state index in [9.17, 15) is 36.3 Å². The van der Waals surface area contributed by atoms with Gasteiger partial charge < -0.3 is 10.0 Å². The normalized spacial score (nSPS) is 17.0. The van der Waals surface area contributed by atoms with Crippen LogP contribution in [0.1, 0.15) is 28.3 Å². The highest BCUT2D eigenvalue weighted by Crippen LogP contribution is 2.41. The third kappa shape index (κ3) is 5.10. The van der Waals surface area contributed by atoms with Gasteiger partial charge in [-0.05, 0) is 60.1 Å². The minimum absolute atomic E-state index is 0.00655. The fourth-order valence-electron chi connectivity index (χ4n) is 5.52.